The molecular formula is C15H24N4O2. The summed E-state index contributed by atoms with van der Waals surface area (Å²) in [5.74, 6) is 0.575. The van der Waals surface area contributed by atoms with Crippen LogP contribution in [0.4, 0.5) is 5.69 Å². The molecule has 0 aromatic carbocycles. The summed E-state index contributed by atoms with van der Waals surface area (Å²) in [6.07, 6.45) is 6.48. The summed E-state index contributed by atoms with van der Waals surface area (Å²) in [6, 6.07) is 1.73. The Morgan fingerprint density at radius 1 is 1.38 bits per heavy atom. The number of anilines is 1. The van der Waals surface area contributed by atoms with Crippen LogP contribution in [0.25, 0.3) is 0 Å². The van der Waals surface area contributed by atoms with Gasteiger partial charge in [0.15, 0.2) is 0 Å². The number of ether oxygens (including phenoxy) is 1. The Labute approximate surface area is 124 Å². The molecule has 1 aliphatic carbocycles. The van der Waals surface area contributed by atoms with Crippen molar-refractivity contribution in [1.82, 2.24) is 9.78 Å². The molecule has 0 amide bonds. The van der Waals surface area contributed by atoms with E-state index in [2.05, 4.69) is 10.00 Å². The van der Waals surface area contributed by atoms with Crippen LogP contribution in [0.2, 0.25) is 0 Å². The number of aromatic nitrogens is 2. The zero-order chi connectivity index (χ0) is 14.8. The second kappa shape index (κ2) is 6.15. The van der Waals surface area contributed by atoms with E-state index in [1.807, 2.05) is 0 Å². The van der Waals surface area contributed by atoms with Crippen molar-refractivity contribution < 1.29 is 4.74 Å². The van der Waals surface area contributed by atoms with Gasteiger partial charge in [0.05, 0.1) is 24.5 Å². The van der Waals surface area contributed by atoms with Crippen molar-refractivity contribution >= 4 is 5.69 Å². The quantitative estimate of drug-likeness (QED) is 0.860. The standard InChI is InChI=1S/C15H24N4O2/c1-21-13-4-6-18(7-5-13)12-8-15(20)19(17-9-12)10-14(16)11-2-3-11/h8-9,11,13-14H,2-7,10,16H2,1H3. The van der Waals surface area contributed by atoms with Gasteiger partial charge in [-0.15, -0.1) is 0 Å². The summed E-state index contributed by atoms with van der Waals surface area (Å²) in [7, 11) is 1.76. The molecule has 0 bridgehead atoms. The number of nitrogens with zero attached hydrogens (tertiary/aromatic N) is 3. The highest BCUT2D eigenvalue weighted by Gasteiger charge is 2.29. The first-order chi connectivity index (χ1) is 10.2. The first-order valence-electron chi connectivity index (χ1n) is 7.78. The Bertz CT molecular complexity index is 533. The molecule has 6 nitrogen and oxygen atoms in total. The maximum atomic E-state index is 12.2. The van der Waals surface area contributed by atoms with Crippen LogP contribution in [0.15, 0.2) is 17.1 Å². The van der Waals surface area contributed by atoms with E-state index in [1.54, 1.807) is 19.4 Å². The lowest BCUT2D eigenvalue weighted by atomic mass is 10.1. The van der Waals surface area contributed by atoms with Gasteiger partial charge >= 0.3 is 0 Å². The van der Waals surface area contributed by atoms with Crippen LogP contribution >= 0.6 is 0 Å². The second-order valence-corrected chi connectivity index (χ2v) is 6.16. The lowest BCUT2D eigenvalue weighted by Gasteiger charge is -2.32. The van der Waals surface area contributed by atoms with Crippen molar-refractivity contribution in [3.05, 3.63) is 22.6 Å². The Morgan fingerprint density at radius 2 is 2.10 bits per heavy atom. The van der Waals surface area contributed by atoms with Gasteiger partial charge in [-0.05, 0) is 31.6 Å². The van der Waals surface area contributed by atoms with Gasteiger partial charge < -0.3 is 15.4 Å². The fraction of sp³-hybridized carbons (Fsp3) is 0.733. The number of hydrogen-bond donors (Lipinski definition) is 1. The summed E-state index contributed by atoms with van der Waals surface area (Å²) in [6.45, 7) is 2.34. The van der Waals surface area contributed by atoms with Crippen molar-refractivity contribution in [2.45, 2.75) is 44.4 Å². The molecule has 1 saturated heterocycles. The van der Waals surface area contributed by atoms with Crippen LogP contribution in [0.1, 0.15) is 25.7 Å². The van der Waals surface area contributed by atoms with Gasteiger partial charge in [0.2, 0.25) is 0 Å². The van der Waals surface area contributed by atoms with Gasteiger partial charge in [0.25, 0.3) is 5.56 Å². The van der Waals surface area contributed by atoms with Gasteiger partial charge in [-0.25, -0.2) is 4.68 Å². The minimum Gasteiger partial charge on any atom is -0.381 e. The summed E-state index contributed by atoms with van der Waals surface area (Å²) < 4.78 is 6.86. The molecule has 3 rings (SSSR count). The molecule has 1 saturated carbocycles. The summed E-state index contributed by atoms with van der Waals surface area (Å²) in [4.78, 5) is 14.4. The Hall–Kier alpha value is -1.40. The SMILES string of the molecule is COC1CCN(c2cnn(CC(N)C3CC3)c(=O)c2)CC1. The topological polar surface area (TPSA) is 73.4 Å². The third-order valence-corrected chi connectivity index (χ3v) is 4.61. The summed E-state index contributed by atoms with van der Waals surface area (Å²) in [5, 5.41) is 4.29. The molecule has 1 aromatic heterocycles. The second-order valence-electron chi connectivity index (χ2n) is 6.16. The van der Waals surface area contributed by atoms with Crippen LogP contribution in [-0.4, -0.2) is 42.1 Å². The van der Waals surface area contributed by atoms with E-state index in [1.165, 1.54) is 17.5 Å². The average Bonchev–Trinajstić information content (AvgIpc) is 3.34. The molecule has 6 heteroatoms. The maximum Gasteiger partial charge on any atom is 0.268 e. The predicted octanol–water partition coefficient (Wildman–Crippen LogP) is 0.596. The lowest BCUT2D eigenvalue weighted by Crippen LogP contribution is -2.39. The molecule has 1 aromatic rings. The van der Waals surface area contributed by atoms with Crippen LogP contribution in [-0.2, 0) is 11.3 Å². The fourth-order valence-corrected chi connectivity index (χ4v) is 2.96. The molecule has 2 aliphatic rings. The van der Waals surface area contributed by atoms with E-state index in [0.717, 1.165) is 31.6 Å². The van der Waals surface area contributed by atoms with Gasteiger partial charge in [-0.3, -0.25) is 4.79 Å². The number of methoxy groups -OCH3 is 1. The zero-order valence-corrected chi connectivity index (χ0v) is 12.6. The lowest BCUT2D eigenvalue weighted by molar-refractivity contribution is 0.0819. The largest absolute Gasteiger partial charge is 0.381 e. The minimum absolute atomic E-state index is 0.0542. The molecular weight excluding hydrogens is 268 g/mol. The molecule has 2 heterocycles. The van der Waals surface area contributed by atoms with Gasteiger partial charge in [-0.1, -0.05) is 0 Å². The Balaban J connectivity index is 1.65. The van der Waals surface area contributed by atoms with Gasteiger partial charge in [0, 0.05) is 32.3 Å². The highest BCUT2D eigenvalue weighted by atomic mass is 16.5. The molecule has 1 unspecified atom stereocenters. The van der Waals surface area contributed by atoms with Crippen molar-refractivity contribution in [2.75, 3.05) is 25.1 Å². The van der Waals surface area contributed by atoms with Crippen molar-refractivity contribution in [3.8, 4) is 0 Å². The smallest absolute Gasteiger partial charge is 0.268 e. The number of nitrogens with two attached hydrogens (primary N) is 1. The first-order valence-corrected chi connectivity index (χ1v) is 7.78. The van der Waals surface area contributed by atoms with Crippen LogP contribution in [0, 0.1) is 5.92 Å². The summed E-state index contributed by atoms with van der Waals surface area (Å²) in [5.41, 5.74) is 6.92. The molecule has 2 N–H and O–H groups in total. The van der Waals surface area contributed by atoms with E-state index in [0.29, 0.717) is 18.6 Å². The molecule has 0 radical (unpaired) electrons. The number of hydrogen-bond acceptors (Lipinski definition) is 5. The molecule has 2 fully saturated rings. The van der Waals surface area contributed by atoms with Gasteiger partial charge in [0.1, 0.15) is 0 Å². The first kappa shape index (κ1) is 14.5. The monoisotopic (exact) mass is 292 g/mol. The van der Waals surface area contributed by atoms with Crippen molar-refractivity contribution in [2.24, 2.45) is 11.7 Å². The van der Waals surface area contributed by atoms with Crippen LogP contribution in [0.3, 0.4) is 0 Å². The Morgan fingerprint density at radius 3 is 2.67 bits per heavy atom. The molecule has 21 heavy (non-hydrogen) atoms. The fourth-order valence-electron chi connectivity index (χ4n) is 2.96. The highest BCUT2D eigenvalue weighted by molar-refractivity contribution is 5.43. The highest BCUT2D eigenvalue weighted by Crippen LogP contribution is 2.31. The normalized spacial score (nSPS) is 21.5. The molecule has 0 spiro atoms. The molecule has 1 aliphatic heterocycles. The number of piperidine rings is 1. The van der Waals surface area contributed by atoms with Crippen molar-refractivity contribution in [3.63, 3.8) is 0 Å². The molecule has 1 atom stereocenters. The van der Waals surface area contributed by atoms with Crippen molar-refractivity contribution in [1.29, 1.82) is 0 Å². The minimum atomic E-state index is -0.0579. The third-order valence-electron chi connectivity index (χ3n) is 4.61. The van der Waals surface area contributed by atoms with E-state index >= 15 is 0 Å². The van der Waals surface area contributed by atoms with Crippen LogP contribution < -0.4 is 16.2 Å². The maximum absolute atomic E-state index is 12.2. The van der Waals surface area contributed by atoms with E-state index in [9.17, 15) is 4.79 Å². The van der Waals surface area contributed by atoms with E-state index < -0.39 is 0 Å². The van der Waals surface area contributed by atoms with Gasteiger partial charge in [-0.2, -0.15) is 5.10 Å². The predicted molar refractivity (Wildman–Crippen MR) is 81.4 cm³/mol. The average molecular weight is 292 g/mol. The molecule has 116 valence electrons. The third kappa shape index (κ3) is 3.44. The zero-order valence-electron chi connectivity index (χ0n) is 12.6. The van der Waals surface area contributed by atoms with E-state index in [-0.39, 0.29) is 11.6 Å². The van der Waals surface area contributed by atoms with Crippen LogP contribution in [0.5, 0.6) is 0 Å². The summed E-state index contributed by atoms with van der Waals surface area (Å²) >= 11 is 0. The Kier molecular flexibility index (Phi) is 4.26. The van der Waals surface area contributed by atoms with E-state index in [4.69, 9.17) is 10.5 Å². The number of rotatable bonds is 5.